The Labute approximate surface area is 157 Å². The minimum Gasteiger partial charge on any atom is -0.389 e. The number of aliphatic hydroxyl groups is 1. The summed E-state index contributed by atoms with van der Waals surface area (Å²) in [5.41, 5.74) is 3.42. The SMILES string of the molecule is Cc1ccc2c(c1)C(=O)N(CCC(=O)NCc1ccc([C@H](C)O)cc1)C2=O. The molecule has 140 valence electrons. The van der Waals surface area contributed by atoms with Gasteiger partial charge < -0.3 is 10.4 Å². The van der Waals surface area contributed by atoms with E-state index in [1.165, 1.54) is 0 Å². The maximum atomic E-state index is 12.4. The number of nitrogens with one attached hydrogen (secondary N) is 1. The van der Waals surface area contributed by atoms with Crippen LogP contribution in [-0.2, 0) is 11.3 Å². The summed E-state index contributed by atoms with van der Waals surface area (Å²) >= 11 is 0. The van der Waals surface area contributed by atoms with E-state index in [1.54, 1.807) is 25.1 Å². The van der Waals surface area contributed by atoms with Gasteiger partial charge in [-0.1, -0.05) is 35.9 Å². The van der Waals surface area contributed by atoms with E-state index in [2.05, 4.69) is 5.32 Å². The van der Waals surface area contributed by atoms with Crippen LogP contribution in [0.4, 0.5) is 0 Å². The topological polar surface area (TPSA) is 86.7 Å². The first-order valence-corrected chi connectivity index (χ1v) is 8.87. The van der Waals surface area contributed by atoms with Crippen LogP contribution < -0.4 is 5.32 Å². The summed E-state index contributed by atoms with van der Waals surface area (Å²) in [7, 11) is 0. The molecular formula is C21H22N2O4. The van der Waals surface area contributed by atoms with E-state index in [-0.39, 0.29) is 30.7 Å². The fourth-order valence-electron chi connectivity index (χ4n) is 3.02. The molecule has 3 amide bonds. The number of hydrogen-bond acceptors (Lipinski definition) is 4. The van der Waals surface area contributed by atoms with E-state index in [4.69, 9.17) is 0 Å². The maximum Gasteiger partial charge on any atom is 0.261 e. The van der Waals surface area contributed by atoms with Gasteiger partial charge in [0.25, 0.3) is 11.8 Å². The van der Waals surface area contributed by atoms with E-state index >= 15 is 0 Å². The van der Waals surface area contributed by atoms with E-state index in [0.717, 1.165) is 21.6 Å². The van der Waals surface area contributed by atoms with Gasteiger partial charge in [0, 0.05) is 19.5 Å². The second kappa shape index (κ2) is 7.72. The summed E-state index contributed by atoms with van der Waals surface area (Å²) in [6.45, 7) is 3.96. The highest BCUT2D eigenvalue weighted by atomic mass is 16.3. The Morgan fingerprint density at radius 1 is 1.07 bits per heavy atom. The second-order valence-electron chi connectivity index (χ2n) is 6.76. The van der Waals surface area contributed by atoms with Crippen LogP contribution in [0.5, 0.6) is 0 Å². The number of carbonyl (C=O) groups is 3. The molecule has 3 rings (SSSR count). The highest BCUT2D eigenvalue weighted by molar-refractivity contribution is 6.21. The van der Waals surface area contributed by atoms with Crippen LogP contribution in [-0.4, -0.2) is 34.3 Å². The lowest BCUT2D eigenvalue weighted by atomic mass is 10.1. The van der Waals surface area contributed by atoms with Gasteiger partial charge >= 0.3 is 0 Å². The van der Waals surface area contributed by atoms with Crippen LogP contribution in [0.15, 0.2) is 42.5 Å². The Balaban J connectivity index is 1.52. The molecule has 0 spiro atoms. The monoisotopic (exact) mass is 366 g/mol. The number of nitrogens with zero attached hydrogens (tertiary/aromatic N) is 1. The number of amides is 3. The maximum absolute atomic E-state index is 12.4. The number of carbonyl (C=O) groups excluding carboxylic acids is 3. The average Bonchev–Trinajstić information content (AvgIpc) is 2.88. The third kappa shape index (κ3) is 4.06. The quantitative estimate of drug-likeness (QED) is 0.769. The summed E-state index contributed by atoms with van der Waals surface area (Å²) in [5, 5.41) is 12.3. The van der Waals surface area contributed by atoms with Crippen LogP contribution >= 0.6 is 0 Å². The van der Waals surface area contributed by atoms with E-state index in [0.29, 0.717) is 17.7 Å². The van der Waals surface area contributed by atoms with Crippen molar-refractivity contribution < 1.29 is 19.5 Å². The molecule has 0 fully saturated rings. The minimum atomic E-state index is -0.530. The van der Waals surface area contributed by atoms with E-state index in [1.807, 2.05) is 31.2 Å². The van der Waals surface area contributed by atoms with Gasteiger partial charge in [-0.3, -0.25) is 19.3 Å². The van der Waals surface area contributed by atoms with Crippen LogP contribution in [0, 0.1) is 6.92 Å². The molecule has 1 aliphatic rings. The zero-order chi connectivity index (χ0) is 19.6. The fourth-order valence-corrected chi connectivity index (χ4v) is 3.02. The van der Waals surface area contributed by atoms with Crippen LogP contribution in [0.3, 0.4) is 0 Å². The van der Waals surface area contributed by atoms with Crippen LogP contribution in [0.1, 0.15) is 56.9 Å². The standard InChI is InChI=1S/C21H22N2O4/c1-13-3-8-17-18(11-13)21(27)23(20(17)26)10-9-19(25)22-12-15-4-6-16(7-5-15)14(2)24/h3-8,11,14,24H,9-10,12H2,1-2H3,(H,22,25)/t14-/m0/s1. The Kier molecular flexibility index (Phi) is 5.37. The van der Waals surface area contributed by atoms with Crippen LogP contribution in [0.2, 0.25) is 0 Å². The van der Waals surface area contributed by atoms with Crippen molar-refractivity contribution in [3.8, 4) is 0 Å². The molecule has 1 aliphatic heterocycles. The lowest BCUT2D eigenvalue weighted by Gasteiger charge is -2.13. The molecule has 6 nitrogen and oxygen atoms in total. The number of aliphatic hydroxyl groups excluding tert-OH is 1. The Hall–Kier alpha value is -2.99. The number of rotatable bonds is 6. The molecule has 2 N–H and O–H groups in total. The molecule has 6 heteroatoms. The van der Waals surface area contributed by atoms with Gasteiger partial charge in [0.2, 0.25) is 5.91 Å². The van der Waals surface area contributed by atoms with Crippen molar-refractivity contribution >= 4 is 17.7 Å². The highest BCUT2D eigenvalue weighted by Crippen LogP contribution is 2.23. The molecular weight excluding hydrogens is 344 g/mol. The zero-order valence-corrected chi connectivity index (χ0v) is 15.4. The third-order valence-corrected chi connectivity index (χ3v) is 4.64. The van der Waals surface area contributed by atoms with Crippen molar-refractivity contribution in [1.82, 2.24) is 10.2 Å². The lowest BCUT2D eigenvalue weighted by Crippen LogP contribution is -2.34. The van der Waals surface area contributed by atoms with Gasteiger partial charge in [0.15, 0.2) is 0 Å². The predicted octanol–water partition coefficient (Wildman–Crippen LogP) is 2.35. The smallest absolute Gasteiger partial charge is 0.261 e. The van der Waals surface area contributed by atoms with Gasteiger partial charge in [0.1, 0.15) is 0 Å². The number of aryl methyl sites for hydroxylation is 1. The number of hydrogen-bond donors (Lipinski definition) is 2. The fraction of sp³-hybridized carbons (Fsp3) is 0.286. The largest absolute Gasteiger partial charge is 0.389 e. The number of benzene rings is 2. The second-order valence-corrected chi connectivity index (χ2v) is 6.76. The first-order chi connectivity index (χ1) is 12.9. The van der Waals surface area contributed by atoms with Crippen LogP contribution in [0.25, 0.3) is 0 Å². The Bertz CT molecular complexity index is 888. The molecule has 0 saturated heterocycles. The molecule has 1 atom stereocenters. The summed E-state index contributed by atoms with van der Waals surface area (Å²) in [5.74, 6) is -0.931. The number of fused-ring (bicyclic) bond motifs is 1. The molecule has 2 aromatic rings. The molecule has 0 saturated carbocycles. The highest BCUT2D eigenvalue weighted by Gasteiger charge is 2.35. The Morgan fingerprint density at radius 3 is 2.41 bits per heavy atom. The summed E-state index contributed by atoms with van der Waals surface area (Å²) in [6, 6.07) is 12.5. The molecule has 1 heterocycles. The van der Waals surface area contributed by atoms with Crippen molar-refractivity contribution in [2.75, 3.05) is 6.54 Å². The van der Waals surface area contributed by atoms with Gasteiger partial charge in [-0.2, -0.15) is 0 Å². The molecule has 2 aromatic carbocycles. The lowest BCUT2D eigenvalue weighted by molar-refractivity contribution is -0.121. The van der Waals surface area contributed by atoms with Crippen molar-refractivity contribution in [3.05, 3.63) is 70.3 Å². The van der Waals surface area contributed by atoms with E-state index < -0.39 is 6.10 Å². The molecule has 27 heavy (non-hydrogen) atoms. The van der Waals surface area contributed by atoms with Crippen molar-refractivity contribution in [3.63, 3.8) is 0 Å². The van der Waals surface area contributed by atoms with Crippen molar-refractivity contribution in [2.45, 2.75) is 32.9 Å². The zero-order valence-electron chi connectivity index (χ0n) is 15.4. The average molecular weight is 366 g/mol. The summed E-state index contributed by atoms with van der Waals surface area (Å²) in [4.78, 5) is 38.0. The first-order valence-electron chi connectivity index (χ1n) is 8.87. The minimum absolute atomic E-state index is 0.0518. The van der Waals surface area contributed by atoms with Gasteiger partial charge in [-0.15, -0.1) is 0 Å². The van der Waals surface area contributed by atoms with Gasteiger partial charge in [-0.05, 0) is 37.1 Å². The molecule has 0 aliphatic carbocycles. The van der Waals surface area contributed by atoms with Crippen molar-refractivity contribution in [2.24, 2.45) is 0 Å². The summed E-state index contributed by atoms with van der Waals surface area (Å²) in [6.07, 6.45) is -0.479. The third-order valence-electron chi connectivity index (χ3n) is 4.64. The van der Waals surface area contributed by atoms with E-state index in [9.17, 15) is 19.5 Å². The predicted molar refractivity (Wildman–Crippen MR) is 100 cm³/mol. The first kappa shape index (κ1) is 18.8. The normalized spacial score (nSPS) is 14.3. The van der Waals surface area contributed by atoms with Gasteiger partial charge in [0.05, 0.1) is 17.2 Å². The molecule has 0 unspecified atom stereocenters. The molecule has 0 aromatic heterocycles. The summed E-state index contributed by atoms with van der Waals surface area (Å²) < 4.78 is 0. The number of imide groups is 1. The van der Waals surface area contributed by atoms with Gasteiger partial charge in [-0.25, -0.2) is 0 Å². The molecule has 0 radical (unpaired) electrons. The Morgan fingerprint density at radius 2 is 1.74 bits per heavy atom. The van der Waals surface area contributed by atoms with Crippen molar-refractivity contribution in [1.29, 1.82) is 0 Å². The molecule has 0 bridgehead atoms.